The quantitative estimate of drug-likeness (QED) is 0.534. The molecule has 2 atom stereocenters. The van der Waals surface area contributed by atoms with Crippen LogP contribution in [0, 0.1) is 5.92 Å². The summed E-state index contributed by atoms with van der Waals surface area (Å²) in [5, 5.41) is 6.53. The van der Waals surface area contributed by atoms with Crippen molar-refractivity contribution in [2.75, 3.05) is 13.1 Å². The van der Waals surface area contributed by atoms with Gasteiger partial charge in [0.1, 0.15) is 0 Å². The zero-order valence-electron chi connectivity index (χ0n) is 6.22. The zero-order chi connectivity index (χ0) is 6.97. The molecular weight excluding hydrogens is 126 g/mol. The van der Waals surface area contributed by atoms with Gasteiger partial charge in [0.05, 0.1) is 6.54 Å². The molecule has 0 aromatic heterocycles. The average Bonchev–Trinajstić information content (AvgIpc) is 2.48. The van der Waals surface area contributed by atoms with Crippen LogP contribution in [0.2, 0.25) is 0 Å². The Labute approximate surface area is 60.9 Å². The number of guanidine groups is 1. The van der Waals surface area contributed by atoms with E-state index in [4.69, 9.17) is 0 Å². The fourth-order valence-corrected chi connectivity index (χ4v) is 1.19. The zero-order valence-corrected chi connectivity index (χ0v) is 6.22. The van der Waals surface area contributed by atoms with Crippen molar-refractivity contribution in [3.8, 4) is 0 Å². The SMILES string of the molecule is CC1CC1NC1=NCCN1. The lowest BCUT2D eigenvalue weighted by molar-refractivity contribution is 0.793. The molecule has 1 heterocycles. The lowest BCUT2D eigenvalue weighted by Crippen LogP contribution is -2.35. The fourth-order valence-electron chi connectivity index (χ4n) is 1.19. The molecule has 2 rings (SSSR count). The standard InChI is InChI=1S/C7H13N3/c1-5-4-6(5)10-7-8-2-3-9-7/h5-6H,2-4H2,1H3,(H2,8,9,10). The molecule has 0 amide bonds. The van der Waals surface area contributed by atoms with Gasteiger partial charge in [0.25, 0.3) is 0 Å². The fraction of sp³-hybridized carbons (Fsp3) is 0.857. The molecule has 0 radical (unpaired) electrons. The summed E-state index contributed by atoms with van der Waals surface area (Å²) in [6.45, 7) is 4.19. The highest BCUT2D eigenvalue weighted by Gasteiger charge is 2.33. The van der Waals surface area contributed by atoms with E-state index in [0.717, 1.165) is 25.0 Å². The van der Waals surface area contributed by atoms with E-state index in [1.54, 1.807) is 0 Å². The molecular formula is C7H13N3. The number of hydrogen-bond donors (Lipinski definition) is 2. The van der Waals surface area contributed by atoms with Crippen LogP contribution in [-0.2, 0) is 0 Å². The molecule has 56 valence electrons. The van der Waals surface area contributed by atoms with Crippen molar-refractivity contribution in [2.45, 2.75) is 19.4 Å². The number of nitrogens with zero attached hydrogens (tertiary/aromatic N) is 1. The molecule has 3 heteroatoms. The van der Waals surface area contributed by atoms with Gasteiger partial charge in [-0.3, -0.25) is 4.99 Å². The Bertz CT molecular complexity index is 164. The van der Waals surface area contributed by atoms with Gasteiger partial charge in [0, 0.05) is 12.6 Å². The molecule has 0 saturated heterocycles. The Morgan fingerprint density at radius 3 is 3.00 bits per heavy atom. The van der Waals surface area contributed by atoms with Crippen molar-refractivity contribution in [1.82, 2.24) is 10.6 Å². The molecule has 10 heavy (non-hydrogen) atoms. The molecule has 2 N–H and O–H groups in total. The lowest BCUT2D eigenvalue weighted by atomic mass is 10.5. The maximum Gasteiger partial charge on any atom is 0.191 e. The lowest BCUT2D eigenvalue weighted by Gasteiger charge is -2.03. The smallest absolute Gasteiger partial charge is 0.191 e. The van der Waals surface area contributed by atoms with E-state index in [9.17, 15) is 0 Å². The summed E-state index contributed by atoms with van der Waals surface area (Å²) < 4.78 is 0. The number of rotatable bonds is 1. The summed E-state index contributed by atoms with van der Waals surface area (Å²) in [7, 11) is 0. The first-order valence-electron chi connectivity index (χ1n) is 3.91. The second-order valence-corrected chi connectivity index (χ2v) is 3.12. The number of aliphatic imine (C=N–C) groups is 1. The van der Waals surface area contributed by atoms with Crippen molar-refractivity contribution in [3.63, 3.8) is 0 Å². The first-order valence-corrected chi connectivity index (χ1v) is 3.91. The molecule has 2 aliphatic rings. The summed E-state index contributed by atoms with van der Waals surface area (Å²) in [6, 6.07) is 0.698. The van der Waals surface area contributed by atoms with Crippen LogP contribution in [0.1, 0.15) is 13.3 Å². The Morgan fingerprint density at radius 2 is 2.50 bits per heavy atom. The third kappa shape index (κ3) is 1.08. The molecule has 3 nitrogen and oxygen atoms in total. The van der Waals surface area contributed by atoms with Crippen LogP contribution in [0.25, 0.3) is 0 Å². The second-order valence-electron chi connectivity index (χ2n) is 3.12. The molecule has 1 aliphatic heterocycles. The van der Waals surface area contributed by atoms with E-state index < -0.39 is 0 Å². The van der Waals surface area contributed by atoms with Crippen LogP contribution < -0.4 is 10.6 Å². The first-order chi connectivity index (χ1) is 4.86. The molecule has 1 fully saturated rings. The molecule has 0 aromatic rings. The normalized spacial score (nSPS) is 36.7. The maximum atomic E-state index is 4.24. The van der Waals surface area contributed by atoms with E-state index in [1.807, 2.05) is 0 Å². The number of nitrogens with one attached hydrogen (secondary N) is 2. The summed E-state index contributed by atoms with van der Waals surface area (Å²) in [4.78, 5) is 4.24. The highest BCUT2D eigenvalue weighted by molar-refractivity contribution is 5.81. The number of hydrogen-bond acceptors (Lipinski definition) is 3. The topological polar surface area (TPSA) is 36.4 Å². The monoisotopic (exact) mass is 139 g/mol. The van der Waals surface area contributed by atoms with Crippen LogP contribution in [-0.4, -0.2) is 25.1 Å². The van der Waals surface area contributed by atoms with E-state index in [1.165, 1.54) is 6.42 Å². The molecule has 0 bridgehead atoms. The van der Waals surface area contributed by atoms with Gasteiger partial charge in [-0.05, 0) is 12.3 Å². The Morgan fingerprint density at radius 1 is 1.70 bits per heavy atom. The summed E-state index contributed by atoms with van der Waals surface area (Å²) in [5.74, 6) is 1.86. The third-order valence-electron chi connectivity index (χ3n) is 2.11. The van der Waals surface area contributed by atoms with E-state index >= 15 is 0 Å². The molecule has 0 spiro atoms. The van der Waals surface area contributed by atoms with Crippen LogP contribution in [0.3, 0.4) is 0 Å². The van der Waals surface area contributed by atoms with Crippen molar-refractivity contribution in [3.05, 3.63) is 0 Å². The van der Waals surface area contributed by atoms with Crippen molar-refractivity contribution < 1.29 is 0 Å². The minimum absolute atomic E-state index is 0.698. The second kappa shape index (κ2) is 2.15. The Balaban J connectivity index is 1.80. The minimum atomic E-state index is 0.698. The highest BCUT2D eigenvalue weighted by atomic mass is 15.2. The maximum absolute atomic E-state index is 4.24. The van der Waals surface area contributed by atoms with Crippen molar-refractivity contribution in [2.24, 2.45) is 10.9 Å². The van der Waals surface area contributed by atoms with Gasteiger partial charge in [0.2, 0.25) is 0 Å². The van der Waals surface area contributed by atoms with Crippen molar-refractivity contribution >= 4 is 5.96 Å². The minimum Gasteiger partial charge on any atom is -0.355 e. The molecule has 0 aromatic carbocycles. The van der Waals surface area contributed by atoms with Gasteiger partial charge in [-0.15, -0.1) is 0 Å². The van der Waals surface area contributed by atoms with E-state index in [0.29, 0.717) is 6.04 Å². The largest absolute Gasteiger partial charge is 0.355 e. The van der Waals surface area contributed by atoms with Crippen LogP contribution in [0.4, 0.5) is 0 Å². The predicted molar refractivity (Wildman–Crippen MR) is 41.0 cm³/mol. The van der Waals surface area contributed by atoms with Gasteiger partial charge >= 0.3 is 0 Å². The van der Waals surface area contributed by atoms with Gasteiger partial charge in [-0.2, -0.15) is 0 Å². The van der Waals surface area contributed by atoms with Gasteiger partial charge in [0.15, 0.2) is 5.96 Å². The summed E-state index contributed by atoms with van der Waals surface area (Å²) in [6.07, 6.45) is 1.31. The van der Waals surface area contributed by atoms with Crippen LogP contribution in [0.5, 0.6) is 0 Å². The van der Waals surface area contributed by atoms with E-state index in [2.05, 4.69) is 22.5 Å². The highest BCUT2D eigenvalue weighted by Crippen LogP contribution is 2.28. The van der Waals surface area contributed by atoms with Crippen LogP contribution >= 0.6 is 0 Å². The van der Waals surface area contributed by atoms with Crippen molar-refractivity contribution in [1.29, 1.82) is 0 Å². The average molecular weight is 139 g/mol. The van der Waals surface area contributed by atoms with Gasteiger partial charge < -0.3 is 10.6 Å². The summed E-state index contributed by atoms with van der Waals surface area (Å²) in [5.41, 5.74) is 0. The molecule has 1 aliphatic carbocycles. The van der Waals surface area contributed by atoms with Gasteiger partial charge in [-0.1, -0.05) is 6.92 Å². The third-order valence-corrected chi connectivity index (χ3v) is 2.11. The predicted octanol–water partition coefficient (Wildman–Crippen LogP) is -0.0564. The molecule has 1 saturated carbocycles. The van der Waals surface area contributed by atoms with Gasteiger partial charge in [-0.25, -0.2) is 0 Å². The molecule has 2 unspecified atom stereocenters. The van der Waals surface area contributed by atoms with E-state index in [-0.39, 0.29) is 0 Å². The van der Waals surface area contributed by atoms with Crippen LogP contribution in [0.15, 0.2) is 4.99 Å². The Kier molecular flexibility index (Phi) is 1.29. The first kappa shape index (κ1) is 6.01. The Hall–Kier alpha value is -0.730. The summed E-state index contributed by atoms with van der Waals surface area (Å²) >= 11 is 0.